The van der Waals surface area contributed by atoms with Crippen molar-refractivity contribution in [2.75, 3.05) is 12.4 Å². The van der Waals surface area contributed by atoms with Gasteiger partial charge in [-0.25, -0.2) is 0 Å². The van der Waals surface area contributed by atoms with Crippen LogP contribution >= 0.6 is 0 Å². The van der Waals surface area contributed by atoms with Gasteiger partial charge in [0.2, 0.25) is 0 Å². The van der Waals surface area contributed by atoms with Crippen molar-refractivity contribution < 1.29 is 9.47 Å². The van der Waals surface area contributed by atoms with Crippen molar-refractivity contribution in [3.05, 3.63) is 114 Å². The van der Waals surface area contributed by atoms with Gasteiger partial charge < -0.3 is 14.8 Å². The fourth-order valence-corrected chi connectivity index (χ4v) is 4.82. The number of allylic oxidation sites excluding steroid dienone is 2. The van der Waals surface area contributed by atoms with E-state index in [4.69, 9.17) is 9.47 Å². The van der Waals surface area contributed by atoms with Gasteiger partial charge in [0.1, 0.15) is 18.1 Å². The molecule has 1 aliphatic rings. The molecule has 1 atom stereocenters. The summed E-state index contributed by atoms with van der Waals surface area (Å²) < 4.78 is 11.2. The molecular weight excluding hydrogens is 446 g/mol. The molecule has 2 aromatic carbocycles. The maximum atomic E-state index is 5.89. The average molecular weight is 478 g/mol. The molecule has 1 N–H and O–H groups in total. The fourth-order valence-electron chi connectivity index (χ4n) is 4.82. The lowest BCUT2D eigenvalue weighted by atomic mass is 9.61. The summed E-state index contributed by atoms with van der Waals surface area (Å²) in [5, 5.41) is 3.68. The van der Waals surface area contributed by atoms with Crippen molar-refractivity contribution in [2.24, 2.45) is 5.92 Å². The van der Waals surface area contributed by atoms with E-state index in [1.807, 2.05) is 42.6 Å². The first-order valence-electron chi connectivity index (χ1n) is 12.3. The topological polar surface area (TPSA) is 56.3 Å². The van der Waals surface area contributed by atoms with E-state index < -0.39 is 0 Å². The van der Waals surface area contributed by atoms with Crippen LogP contribution in [-0.4, -0.2) is 17.1 Å². The summed E-state index contributed by atoms with van der Waals surface area (Å²) in [7, 11) is 1.66. The molecule has 0 aliphatic heterocycles. The molecule has 0 bridgehead atoms. The number of aromatic nitrogens is 2. The third-order valence-electron chi connectivity index (χ3n) is 7.02. The zero-order valence-electron chi connectivity index (χ0n) is 20.9. The van der Waals surface area contributed by atoms with Crippen LogP contribution in [0.2, 0.25) is 0 Å². The second-order valence-electron chi connectivity index (χ2n) is 9.40. The van der Waals surface area contributed by atoms with Gasteiger partial charge in [-0.2, -0.15) is 0 Å². The maximum absolute atomic E-state index is 5.89. The molecule has 2 aromatic heterocycles. The van der Waals surface area contributed by atoms with Gasteiger partial charge in [-0.3, -0.25) is 9.97 Å². The first-order chi connectivity index (χ1) is 17.6. The van der Waals surface area contributed by atoms with Crippen LogP contribution in [0.15, 0.2) is 103 Å². The van der Waals surface area contributed by atoms with E-state index in [0.717, 1.165) is 40.4 Å². The predicted octanol–water partition coefficient (Wildman–Crippen LogP) is 7.02. The Morgan fingerprint density at radius 1 is 0.917 bits per heavy atom. The second kappa shape index (κ2) is 10.2. The highest BCUT2D eigenvalue weighted by Crippen LogP contribution is 2.49. The van der Waals surface area contributed by atoms with E-state index >= 15 is 0 Å². The minimum atomic E-state index is -0.0424. The Hall–Kier alpha value is -4.12. The number of nitrogens with zero attached hydrogens (tertiary/aromatic N) is 2. The molecule has 1 unspecified atom stereocenters. The largest absolute Gasteiger partial charge is 0.495 e. The first kappa shape index (κ1) is 23.6. The van der Waals surface area contributed by atoms with Crippen molar-refractivity contribution in [2.45, 2.75) is 32.3 Å². The van der Waals surface area contributed by atoms with E-state index in [9.17, 15) is 0 Å². The average Bonchev–Trinajstić information content (AvgIpc) is 2.91. The summed E-state index contributed by atoms with van der Waals surface area (Å²) in [6.07, 6.45) is 8.68. The van der Waals surface area contributed by atoms with Gasteiger partial charge in [0.05, 0.1) is 19.0 Å². The quantitative estimate of drug-likeness (QED) is 0.281. The van der Waals surface area contributed by atoms with Crippen LogP contribution in [0.4, 0.5) is 5.69 Å². The Balaban J connectivity index is 1.29. The Morgan fingerprint density at radius 3 is 2.36 bits per heavy atom. The summed E-state index contributed by atoms with van der Waals surface area (Å²) in [5.41, 5.74) is 6.66. The molecule has 5 heteroatoms. The van der Waals surface area contributed by atoms with Crippen molar-refractivity contribution in [3.8, 4) is 22.6 Å². The van der Waals surface area contributed by atoms with Crippen molar-refractivity contribution in [3.63, 3.8) is 0 Å². The molecule has 1 aliphatic carbocycles. The zero-order chi connectivity index (χ0) is 25.0. The summed E-state index contributed by atoms with van der Waals surface area (Å²) >= 11 is 0. The highest BCUT2D eigenvalue weighted by molar-refractivity contribution is 5.65. The maximum Gasteiger partial charge on any atom is 0.137 e. The lowest BCUT2D eigenvalue weighted by Gasteiger charge is -2.46. The first-order valence-corrected chi connectivity index (χ1v) is 12.3. The summed E-state index contributed by atoms with van der Waals surface area (Å²) in [4.78, 5) is 8.60. The molecule has 0 radical (unpaired) electrons. The van der Waals surface area contributed by atoms with E-state index in [1.165, 1.54) is 11.3 Å². The lowest BCUT2D eigenvalue weighted by molar-refractivity contribution is 0.301. The number of pyridine rings is 2. The van der Waals surface area contributed by atoms with Gasteiger partial charge in [-0.1, -0.05) is 50.3 Å². The van der Waals surface area contributed by atoms with Crippen LogP contribution in [-0.2, 0) is 12.0 Å². The third kappa shape index (κ3) is 4.69. The number of anilines is 1. The third-order valence-corrected chi connectivity index (χ3v) is 7.02. The Bertz CT molecular complexity index is 1330. The molecule has 5 nitrogen and oxygen atoms in total. The van der Waals surface area contributed by atoms with E-state index in [-0.39, 0.29) is 5.41 Å². The lowest BCUT2D eigenvalue weighted by Crippen LogP contribution is -2.42. The van der Waals surface area contributed by atoms with E-state index in [1.54, 1.807) is 19.5 Å². The number of nitrogens with one attached hydrogen (secondary N) is 1. The van der Waals surface area contributed by atoms with Gasteiger partial charge >= 0.3 is 0 Å². The molecule has 182 valence electrons. The molecule has 0 spiro atoms. The number of rotatable bonds is 9. The zero-order valence-corrected chi connectivity index (χ0v) is 20.9. The normalized spacial score (nSPS) is 16.7. The Morgan fingerprint density at radius 2 is 1.72 bits per heavy atom. The molecule has 36 heavy (non-hydrogen) atoms. The monoisotopic (exact) mass is 477 g/mol. The minimum Gasteiger partial charge on any atom is -0.495 e. The van der Waals surface area contributed by atoms with Crippen molar-refractivity contribution >= 4 is 5.69 Å². The second-order valence-corrected chi connectivity index (χ2v) is 9.40. The van der Waals surface area contributed by atoms with Gasteiger partial charge in [-0.05, 0) is 65.9 Å². The summed E-state index contributed by atoms with van der Waals surface area (Å²) in [6.45, 7) is 5.04. The summed E-state index contributed by atoms with van der Waals surface area (Å²) in [6, 6.07) is 24.8. The highest BCUT2D eigenvalue weighted by Gasteiger charge is 2.44. The molecule has 0 fully saturated rings. The molecule has 0 amide bonds. The van der Waals surface area contributed by atoms with Crippen LogP contribution < -0.4 is 14.8 Å². The van der Waals surface area contributed by atoms with E-state index in [2.05, 4.69) is 71.6 Å². The van der Waals surface area contributed by atoms with Crippen LogP contribution in [0.25, 0.3) is 11.1 Å². The van der Waals surface area contributed by atoms with Gasteiger partial charge in [0, 0.05) is 34.8 Å². The SMILES string of the molecule is COc1cncc(-c2ccc(C3(C(C)C)CC=C3Nc3ccc(OCc4ccccn4)cc3)cc2)c1. The van der Waals surface area contributed by atoms with Gasteiger partial charge in [0.25, 0.3) is 0 Å². The Labute approximate surface area is 212 Å². The molecule has 2 heterocycles. The van der Waals surface area contributed by atoms with Gasteiger partial charge in [0.15, 0.2) is 0 Å². The standard InChI is InChI=1S/C31H31N3O2/c1-22(2)31(25-9-7-23(8-10-25)24-18-29(35-3)20-32-19-24)16-15-30(31)34-26-11-13-28(14-12-26)36-21-27-6-4-5-17-33-27/h4-15,17-20,22,34H,16,21H2,1-3H3. The number of methoxy groups -OCH3 is 1. The molecule has 0 saturated carbocycles. The highest BCUT2D eigenvalue weighted by atomic mass is 16.5. The smallest absolute Gasteiger partial charge is 0.137 e. The molecular formula is C31H31N3O2. The van der Waals surface area contributed by atoms with Crippen LogP contribution in [0.3, 0.4) is 0 Å². The van der Waals surface area contributed by atoms with Crippen LogP contribution in [0.1, 0.15) is 31.5 Å². The van der Waals surface area contributed by atoms with Gasteiger partial charge in [-0.15, -0.1) is 0 Å². The fraction of sp³-hybridized carbons (Fsp3) is 0.226. The van der Waals surface area contributed by atoms with Crippen LogP contribution in [0.5, 0.6) is 11.5 Å². The summed E-state index contributed by atoms with van der Waals surface area (Å²) in [5.74, 6) is 2.03. The Kier molecular flexibility index (Phi) is 6.72. The van der Waals surface area contributed by atoms with Crippen molar-refractivity contribution in [1.82, 2.24) is 9.97 Å². The number of hydrogen-bond donors (Lipinski definition) is 1. The predicted molar refractivity (Wildman–Crippen MR) is 144 cm³/mol. The molecule has 4 aromatic rings. The molecule has 5 rings (SSSR count). The van der Waals surface area contributed by atoms with Crippen molar-refractivity contribution in [1.29, 1.82) is 0 Å². The minimum absolute atomic E-state index is 0.0424. The number of hydrogen-bond acceptors (Lipinski definition) is 5. The van der Waals surface area contributed by atoms with Crippen LogP contribution in [0, 0.1) is 5.92 Å². The number of ether oxygens (including phenoxy) is 2. The number of benzene rings is 2. The molecule has 0 saturated heterocycles. The van der Waals surface area contributed by atoms with E-state index in [0.29, 0.717) is 12.5 Å².